The van der Waals surface area contributed by atoms with Gasteiger partial charge in [-0.15, -0.1) is 0 Å². The second-order valence-corrected chi connectivity index (χ2v) is 9.06. The second-order valence-electron chi connectivity index (χ2n) is 8.70. The zero-order chi connectivity index (χ0) is 29.7. The van der Waals surface area contributed by atoms with Gasteiger partial charge in [0.1, 0.15) is 22.5 Å². The molecule has 0 aliphatic heterocycles. The van der Waals surface area contributed by atoms with Crippen LogP contribution in [0.2, 0.25) is 5.15 Å². The number of methoxy groups -OCH3 is 1. The Morgan fingerprint density at radius 2 is 1.67 bits per heavy atom. The van der Waals surface area contributed by atoms with Crippen molar-refractivity contribution in [3.8, 4) is 23.3 Å². The molecule has 2 aromatic heterocycles. The fraction of sp³-hybridized carbons (Fsp3) is 0.367. The van der Waals surface area contributed by atoms with Crippen LogP contribution < -0.4 is 0 Å². The summed E-state index contributed by atoms with van der Waals surface area (Å²) in [5.41, 5.74) is 3.19. The first-order valence-corrected chi connectivity index (χ1v) is 13.0. The molecule has 0 saturated heterocycles. The summed E-state index contributed by atoms with van der Waals surface area (Å²) in [5, 5.41) is 19.0. The Morgan fingerprint density at radius 3 is 2.15 bits per heavy atom. The lowest BCUT2D eigenvalue weighted by atomic mass is 9.99. The minimum absolute atomic E-state index is 0.00968. The normalized spacial score (nSPS) is 9.74. The van der Waals surface area contributed by atoms with Crippen molar-refractivity contribution in [2.75, 3.05) is 13.7 Å². The average molecular weight is 551 g/mol. The highest BCUT2D eigenvalue weighted by molar-refractivity contribution is 6.32. The van der Waals surface area contributed by atoms with Crippen molar-refractivity contribution in [3.63, 3.8) is 0 Å². The zero-order valence-corrected chi connectivity index (χ0v) is 24.5. The number of rotatable bonds is 6. The van der Waals surface area contributed by atoms with E-state index in [-0.39, 0.29) is 35.1 Å². The van der Waals surface area contributed by atoms with E-state index in [1.165, 1.54) is 13.3 Å². The van der Waals surface area contributed by atoms with Crippen LogP contribution in [0.5, 0.6) is 0 Å². The van der Waals surface area contributed by atoms with Crippen LogP contribution in [-0.2, 0) is 16.0 Å². The van der Waals surface area contributed by atoms with Gasteiger partial charge in [0.05, 0.1) is 37.5 Å². The van der Waals surface area contributed by atoms with Crippen LogP contribution in [0.3, 0.4) is 0 Å². The van der Waals surface area contributed by atoms with Crippen molar-refractivity contribution >= 4 is 23.5 Å². The third-order valence-electron chi connectivity index (χ3n) is 5.05. The zero-order valence-electron chi connectivity index (χ0n) is 23.8. The van der Waals surface area contributed by atoms with Crippen LogP contribution in [0.15, 0.2) is 36.5 Å². The average Bonchev–Trinajstić information content (AvgIpc) is 3.21. The first-order chi connectivity index (χ1) is 18.6. The summed E-state index contributed by atoms with van der Waals surface area (Å²) in [4.78, 5) is 28.9. The van der Waals surface area contributed by atoms with E-state index in [1.807, 2.05) is 13.8 Å². The number of halogens is 1. The van der Waals surface area contributed by atoms with Crippen molar-refractivity contribution in [1.82, 2.24) is 9.55 Å². The predicted octanol–water partition coefficient (Wildman–Crippen LogP) is 6.96. The van der Waals surface area contributed by atoms with Gasteiger partial charge in [-0.3, -0.25) is 0 Å². The van der Waals surface area contributed by atoms with Gasteiger partial charge in [0.2, 0.25) is 0 Å². The quantitative estimate of drug-likeness (QED) is 0.240. The molecule has 0 amide bonds. The molecule has 2 heterocycles. The summed E-state index contributed by atoms with van der Waals surface area (Å²) in [7, 11) is 1.24. The number of ether oxygens (including phenoxy) is 2. The number of carbonyl (C=O) groups excluding carboxylic acids is 2. The number of carbonyl (C=O) groups is 2. The highest BCUT2D eigenvalue weighted by Crippen LogP contribution is 2.34. The topological polar surface area (TPSA) is 118 Å². The molecule has 0 atom stereocenters. The largest absolute Gasteiger partial charge is 0.465 e. The summed E-state index contributed by atoms with van der Waals surface area (Å²) in [5.74, 6) is -0.427. The molecule has 0 aliphatic carbocycles. The minimum atomic E-state index is -0.658. The Bertz CT molecular complexity index is 1360. The Morgan fingerprint density at radius 1 is 1.08 bits per heavy atom. The molecule has 0 bridgehead atoms. The molecule has 0 unspecified atom stereocenters. The van der Waals surface area contributed by atoms with Gasteiger partial charge in [-0.25, -0.2) is 14.6 Å². The number of pyridine rings is 1. The third-order valence-corrected chi connectivity index (χ3v) is 5.35. The lowest BCUT2D eigenvalue weighted by Crippen LogP contribution is -2.10. The minimum Gasteiger partial charge on any atom is -0.465 e. The fourth-order valence-corrected chi connectivity index (χ4v) is 3.71. The van der Waals surface area contributed by atoms with E-state index in [1.54, 1.807) is 48.7 Å². The van der Waals surface area contributed by atoms with Gasteiger partial charge >= 0.3 is 11.9 Å². The molecular formula is C30H35ClN4O4. The lowest BCUT2D eigenvalue weighted by Gasteiger charge is -2.11. The SMILES string of the molecule is CC.CC(C)C.CCOC(=O)c1cc(Cn2c(C)c(-c3ccc(C#N)cc3)c(C(=O)OC)c2C#N)cnc1Cl. The standard InChI is InChI=1S/C24H19ClN4O4.C4H10.C2H6/c1-4-33-23(30)18-9-16(12-28-22(18)25)13-29-14(2)20(17-7-5-15(10-26)6-8-17)21(19(29)11-27)24(31)32-3;1-4(2)3;1-2/h5-9,12H,4,13H2,1-3H3;4H,1-3H3;1-2H3. The van der Waals surface area contributed by atoms with Crippen molar-refractivity contribution in [3.05, 3.63) is 75.3 Å². The van der Waals surface area contributed by atoms with Gasteiger partial charge in [0.25, 0.3) is 0 Å². The molecule has 0 saturated carbocycles. The van der Waals surface area contributed by atoms with Crippen LogP contribution in [0, 0.1) is 35.5 Å². The molecular weight excluding hydrogens is 516 g/mol. The predicted molar refractivity (Wildman–Crippen MR) is 152 cm³/mol. The number of nitrogens with zero attached hydrogens (tertiary/aromatic N) is 4. The van der Waals surface area contributed by atoms with Crippen LogP contribution in [0.4, 0.5) is 0 Å². The highest BCUT2D eigenvalue weighted by Gasteiger charge is 2.27. The number of hydrogen-bond acceptors (Lipinski definition) is 7. The van der Waals surface area contributed by atoms with E-state index in [0.29, 0.717) is 27.9 Å². The van der Waals surface area contributed by atoms with Crippen molar-refractivity contribution < 1.29 is 19.1 Å². The maximum absolute atomic E-state index is 12.7. The molecule has 0 spiro atoms. The molecule has 9 heteroatoms. The van der Waals surface area contributed by atoms with Crippen LogP contribution >= 0.6 is 11.6 Å². The summed E-state index contributed by atoms with van der Waals surface area (Å²) in [6, 6.07) is 12.4. The summed E-state index contributed by atoms with van der Waals surface area (Å²) < 4.78 is 11.6. The molecule has 3 rings (SSSR count). The highest BCUT2D eigenvalue weighted by atomic mass is 35.5. The third kappa shape index (κ3) is 8.43. The number of hydrogen-bond donors (Lipinski definition) is 0. The van der Waals surface area contributed by atoms with Gasteiger partial charge in [-0.05, 0) is 49.1 Å². The van der Waals surface area contributed by atoms with Gasteiger partial charge in [-0.1, -0.05) is 58.4 Å². The van der Waals surface area contributed by atoms with E-state index in [0.717, 1.165) is 5.92 Å². The summed E-state index contributed by atoms with van der Waals surface area (Å²) >= 11 is 6.06. The molecule has 3 aromatic rings. The number of nitriles is 2. The summed E-state index contributed by atoms with van der Waals surface area (Å²) in [6.45, 7) is 14.3. The van der Waals surface area contributed by atoms with Gasteiger partial charge in [0.15, 0.2) is 0 Å². The molecule has 0 N–H and O–H groups in total. The smallest absolute Gasteiger partial charge is 0.341 e. The number of esters is 2. The number of benzene rings is 1. The molecule has 0 fully saturated rings. The first kappa shape index (κ1) is 32.9. The Hall–Kier alpha value is -4.14. The van der Waals surface area contributed by atoms with Gasteiger partial charge < -0.3 is 14.0 Å². The van der Waals surface area contributed by atoms with Crippen molar-refractivity contribution in [2.45, 2.75) is 55.0 Å². The van der Waals surface area contributed by atoms with Gasteiger partial charge in [-0.2, -0.15) is 10.5 Å². The second kappa shape index (κ2) is 16.0. The molecule has 1 aromatic carbocycles. The first-order valence-electron chi connectivity index (χ1n) is 12.6. The molecule has 0 aliphatic rings. The van der Waals surface area contributed by atoms with Crippen LogP contribution in [0.1, 0.15) is 84.8 Å². The maximum Gasteiger partial charge on any atom is 0.341 e. The fourth-order valence-electron chi connectivity index (χ4n) is 3.53. The monoisotopic (exact) mass is 550 g/mol. The molecule has 39 heavy (non-hydrogen) atoms. The Kier molecular flexibility index (Phi) is 13.5. The van der Waals surface area contributed by atoms with E-state index in [2.05, 4.69) is 37.9 Å². The van der Waals surface area contributed by atoms with E-state index >= 15 is 0 Å². The van der Waals surface area contributed by atoms with E-state index in [4.69, 9.17) is 26.3 Å². The van der Waals surface area contributed by atoms with Crippen LogP contribution in [-0.4, -0.2) is 35.2 Å². The molecule has 8 nitrogen and oxygen atoms in total. The van der Waals surface area contributed by atoms with Gasteiger partial charge in [0, 0.05) is 17.5 Å². The van der Waals surface area contributed by atoms with Crippen LogP contribution in [0.25, 0.3) is 11.1 Å². The molecule has 206 valence electrons. The lowest BCUT2D eigenvalue weighted by molar-refractivity contribution is 0.0525. The summed E-state index contributed by atoms with van der Waals surface area (Å²) in [6.07, 6.45) is 1.49. The maximum atomic E-state index is 12.7. The Labute approximate surface area is 235 Å². The van der Waals surface area contributed by atoms with Crippen molar-refractivity contribution in [1.29, 1.82) is 10.5 Å². The number of aromatic nitrogens is 2. The molecule has 0 radical (unpaired) electrons. The van der Waals surface area contributed by atoms with E-state index in [9.17, 15) is 14.9 Å². The van der Waals surface area contributed by atoms with Crippen molar-refractivity contribution in [2.24, 2.45) is 5.92 Å². The Balaban J connectivity index is 0.00000116. The van der Waals surface area contributed by atoms with E-state index < -0.39 is 11.9 Å².